The number of nitrogens with one attached hydrogen (secondary N) is 2. The van der Waals surface area contributed by atoms with Gasteiger partial charge in [-0.3, -0.25) is 5.10 Å². The van der Waals surface area contributed by atoms with Crippen LogP contribution in [0.4, 0.5) is 5.95 Å². The molecule has 0 saturated carbocycles. The first-order chi connectivity index (χ1) is 7.83. The highest BCUT2D eigenvalue weighted by Crippen LogP contribution is 2.19. The summed E-state index contributed by atoms with van der Waals surface area (Å²) in [7, 11) is 2.01. The Hall–Kier alpha value is -1.10. The lowest BCUT2D eigenvalue weighted by molar-refractivity contribution is 0.399. The summed E-state index contributed by atoms with van der Waals surface area (Å²) in [6.45, 7) is 5.33. The quantitative estimate of drug-likeness (QED) is 0.793. The van der Waals surface area contributed by atoms with Crippen LogP contribution in [0.25, 0.3) is 0 Å². The summed E-state index contributed by atoms with van der Waals surface area (Å²) < 4.78 is 0. The molecule has 1 aliphatic rings. The van der Waals surface area contributed by atoms with Gasteiger partial charge in [-0.2, -0.15) is 4.98 Å². The highest BCUT2D eigenvalue weighted by Gasteiger charge is 2.21. The van der Waals surface area contributed by atoms with Crippen molar-refractivity contribution in [2.75, 3.05) is 31.6 Å². The van der Waals surface area contributed by atoms with Gasteiger partial charge < -0.3 is 10.2 Å². The van der Waals surface area contributed by atoms with Crippen LogP contribution in [0.15, 0.2) is 0 Å². The molecule has 2 N–H and O–H groups in total. The van der Waals surface area contributed by atoms with E-state index in [-0.39, 0.29) is 0 Å². The van der Waals surface area contributed by atoms with E-state index in [9.17, 15) is 0 Å². The van der Waals surface area contributed by atoms with Gasteiger partial charge in [-0.1, -0.05) is 6.92 Å². The number of nitrogens with zero attached hydrogens (tertiary/aromatic N) is 3. The second kappa shape index (κ2) is 5.30. The number of anilines is 1. The van der Waals surface area contributed by atoms with Crippen LogP contribution < -0.4 is 10.2 Å². The van der Waals surface area contributed by atoms with Crippen molar-refractivity contribution in [2.24, 2.45) is 5.92 Å². The van der Waals surface area contributed by atoms with Gasteiger partial charge in [0.15, 0.2) is 0 Å². The Balaban J connectivity index is 1.98. The first-order valence-electron chi connectivity index (χ1n) is 6.14. The number of H-pyrrole nitrogens is 1. The number of aromatic amines is 1. The highest BCUT2D eigenvalue weighted by molar-refractivity contribution is 5.29. The van der Waals surface area contributed by atoms with Gasteiger partial charge in [0.1, 0.15) is 5.82 Å². The Morgan fingerprint density at radius 2 is 2.44 bits per heavy atom. The maximum Gasteiger partial charge on any atom is 0.244 e. The lowest BCUT2D eigenvalue weighted by atomic mass is 9.98. The molecule has 90 valence electrons. The topological polar surface area (TPSA) is 56.8 Å². The minimum Gasteiger partial charge on any atom is -0.339 e. The highest BCUT2D eigenvalue weighted by atomic mass is 15.4. The zero-order valence-corrected chi connectivity index (χ0v) is 10.2. The number of aryl methyl sites for hydroxylation is 1. The largest absolute Gasteiger partial charge is 0.339 e. The third-order valence-corrected chi connectivity index (χ3v) is 3.15. The number of rotatable bonds is 4. The van der Waals surface area contributed by atoms with Crippen molar-refractivity contribution < 1.29 is 0 Å². The van der Waals surface area contributed by atoms with Gasteiger partial charge in [0.05, 0.1) is 0 Å². The summed E-state index contributed by atoms with van der Waals surface area (Å²) in [6, 6.07) is 0. The Bertz CT molecular complexity index is 320. The van der Waals surface area contributed by atoms with E-state index < -0.39 is 0 Å². The molecule has 1 unspecified atom stereocenters. The monoisotopic (exact) mass is 223 g/mol. The normalized spacial score (nSPS) is 21.4. The van der Waals surface area contributed by atoms with E-state index in [0.717, 1.165) is 43.7 Å². The van der Waals surface area contributed by atoms with Gasteiger partial charge in [-0.25, -0.2) is 0 Å². The SMILES string of the molecule is CCc1nc(N2CCCC(CNC)C2)n[nH]1. The fraction of sp³-hybridized carbons (Fsp3) is 0.818. The summed E-state index contributed by atoms with van der Waals surface area (Å²) in [4.78, 5) is 6.78. The number of hydrogen-bond donors (Lipinski definition) is 2. The van der Waals surface area contributed by atoms with Crippen LogP contribution in [0.5, 0.6) is 0 Å². The standard InChI is InChI=1S/C11H21N5/c1-3-10-13-11(15-14-10)16-6-4-5-9(8-16)7-12-2/h9,12H,3-8H2,1-2H3,(H,13,14,15). The molecule has 0 radical (unpaired) electrons. The molecule has 1 saturated heterocycles. The van der Waals surface area contributed by atoms with Gasteiger partial charge in [-0.05, 0) is 32.4 Å². The molecular weight excluding hydrogens is 202 g/mol. The van der Waals surface area contributed by atoms with Gasteiger partial charge in [0.25, 0.3) is 0 Å². The number of piperidine rings is 1. The fourth-order valence-corrected chi connectivity index (χ4v) is 2.29. The average Bonchev–Trinajstić information content (AvgIpc) is 2.78. The van der Waals surface area contributed by atoms with E-state index in [1.54, 1.807) is 0 Å². The minimum atomic E-state index is 0.724. The first-order valence-corrected chi connectivity index (χ1v) is 6.14. The maximum absolute atomic E-state index is 4.49. The van der Waals surface area contributed by atoms with Gasteiger partial charge >= 0.3 is 0 Å². The van der Waals surface area contributed by atoms with Gasteiger partial charge in [0, 0.05) is 19.5 Å². The molecule has 0 aromatic carbocycles. The fourth-order valence-electron chi connectivity index (χ4n) is 2.29. The zero-order valence-electron chi connectivity index (χ0n) is 10.2. The lowest BCUT2D eigenvalue weighted by Crippen LogP contribution is -2.39. The van der Waals surface area contributed by atoms with E-state index >= 15 is 0 Å². The molecular formula is C11H21N5. The second-order valence-corrected chi connectivity index (χ2v) is 4.45. The van der Waals surface area contributed by atoms with E-state index in [1.165, 1.54) is 12.8 Å². The van der Waals surface area contributed by atoms with Crippen LogP contribution in [0.1, 0.15) is 25.6 Å². The first kappa shape index (κ1) is 11.4. The van der Waals surface area contributed by atoms with Crippen LogP contribution >= 0.6 is 0 Å². The maximum atomic E-state index is 4.49. The van der Waals surface area contributed by atoms with Crippen molar-refractivity contribution in [1.29, 1.82) is 0 Å². The van der Waals surface area contributed by atoms with Crippen molar-refractivity contribution in [3.05, 3.63) is 5.82 Å². The number of hydrogen-bond acceptors (Lipinski definition) is 4. The van der Waals surface area contributed by atoms with E-state index in [4.69, 9.17) is 0 Å². The molecule has 0 amide bonds. The molecule has 16 heavy (non-hydrogen) atoms. The summed E-state index contributed by atoms with van der Waals surface area (Å²) in [5, 5.41) is 10.5. The van der Waals surface area contributed by atoms with Crippen LogP contribution in [0, 0.1) is 5.92 Å². The summed E-state index contributed by atoms with van der Waals surface area (Å²) in [6.07, 6.45) is 3.46. The Kier molecular flexibility index (Phi) is 3.77. The van der Waals surface area contributed by atoms with Crippen molar-refractivity contribution in [3.8, 4) is 0 Å². The second-order valence-electron chi connectivity index (χ2n) is 4.45. The molecule has 1 fully saturated rings. The molecule has 1 atom stereocenters. The zero-order chi connectivity index (χ0) is 11.4. The van der Waals surface area contributed by atoms with Crippen LogP contribution in [0.3, 0.4) is 0 Å². The third-order valence-electron chi connectivity index (χ3n) is 3.15. The predicted molar refractivity (Wildman–Crippen MR) is 64.6 cm³/mol. The molecule has 2 rings (SSSR count). The summed E-state index contributed by atoms with van der Waals surface area (Å²) in [5.41, 5.74) is 0. The Labute approximate surface area is 96.6 Å². The molecule has 1 aromatic rings. The molecule has 1 aliphatic heterocycles. The van der Waals surface area contributed by atoms with Crippen molar-refractivity contribution >= 4 is 5.95 Å². The minimum absolute atomic E-state index is 0.724. The third kappa shape index (κ3) is 2.52. The van der Waals surface area contributed by atoms with E-state index in [1.807, 2.05) is 7.05 Å². The molecule has 2 heterocycles. The summed E-state index contributed by atoms with van der Waals surface area (Å²) >= 11 is 0. The van der Waals surface area contributed by atoms with Gasteiger partial charge in [0.2, 0.25) is 5.95 Å². The number of aromatic nitrogens is 3. The Morgan fingerprint density at radius 3 is 3.12 bits per heavy atom. The molecule has 0 spiro atoms. The molecule has 0 bridgehead atoms. The predicted octanol–water partition coefficient (Wildman–Crippen LogP) is 0.803. The average molecular weight is 223 g/mol. The molecule has 5 nitrogen and oxygen atoms in total. The van der Waals surface area contributed by atoms with Crippen molar-refractivity contribution in [3.63, 3.8) is 0 Å². The molecule has 0 aliphatic carbocycles. The van der Waals surface area contributed by atoms with Crippen LogP contribution in [-0.4, -0.2) is 41.9 Å². The summed E-state index contributed by atoms with van der Waals surface area (Å²) in [5.74, 6) is 2.57. The van der Waals surface area contributed by atoms with Crippen molar-refractivity contribution in [2.45, 2.75) is 26.2 Å². The van der Waals surface area contributed by atoms with Crippen LogP contribution in [-0.2, 0) is 6.42 Å². The molecule has 1 aromatic heterocycles. The van der Waals surface area contributed by atoms with E-state index in [0.29, 0.717) is 0 Å². The van der Waals surface area contributed by atoms with Crippen LogP contribution in [0.2, 0.25) is 0 Å². The van der Waals surface area contributed by atoms with Crippen molar-refractivity contribution in [1.82, 2.24) is 20.5 Å². The van der Waals surface area contributed by atoms with E-state index in [2.05, 4.69) is 32.3 Å². The smallest absolute Gasteiger partial charge is 0.244 e. The molecule has 5 heteroatoms. The van der Waals surface area contributed by atoms with Gasteiger partial charge in [-0.15, -0.1) is 5.10 Å². The Morgan fingerprint density at radius 1 is 1.56 bits per heavy atom. The lowest BCUT2D eigenvalue weighted by Gasteiger charge is -2.31.